The zero-order chi connectivity index (χ0) is 89.2. The summed E-state index contributed by atoms with van der Waals surface area (Å²) >= 11 is 0. The Kier molecular flexibility index (Phi) is 23.6. The SMILES string of the molecule is C=C(C)C(=O)OC1CC2CC1C1C2CC2OC21.C=C(C)C(=O)OCC1CC2CC1C1C2CC2OC21.C=C(C)C(=O)OCCC1CC2CC1C1C2CC2OC21.C=C(C)C(=O)OCCOC1CC2CC1C1C2CC2OC21.C=C(CC)C(=O)OC1CC2CC1C1C2CC2OC21.C=C(CCO)C(=O)OC1CC2CC1C1C2CC2OC21.C=C(CO)C(=O)OC1CC2CC1C1C2CC2OC21. The highest BCUT2D eigenvalue weighted by atomic mass is 16.6. The first kappa shape index (κ1) is 88.4. The van der Waals surface area contributed by atoms with E-state index in [1.54, 1.807) is 27.7 Å². The van der Waals surface area contributed by atoms with Gasteiger partial charge in [-0.15, -0.1) is 0 Å². The lowest BCUT2D eigenvalue weighted by Crippen LogP contribution is -2.35. The van der Waals surface area contributed by atoms with E-state index >= 15 is 0 Å². The molecule has 0 aromatic rings. The van der Waals surface area contributed by atoms with Gasteiger partial charge in [0.2, 0.25) is 0 Å². The molecule has 0 aromatic carbocycles. The Morgan fingerprint density at radius 1 is 0.287 bits per heavy atom. The number of aliphatic hydroxyl groups is 2. The van der Waals surface area contributed by atoms with Crippen LogP contribution in [0.5, 0.6) is 0 Å². The van der Waals surface area contributed by atoms with Crippen molar-refractivity contribution in [3.8, 4) is 0 Å². The average Bonchev–Trinajstić information content (AvgIpc) is 1.58. The van der Waals surface area contributed by atoms with Crippen molar-refractivity contribution in [2.24, 2.45) is 178 Å². The van der Waals surface area contributed by atoms with Crippen molar-refractivity contribution in [3.63, 3.8) is 0 Å². The quantitative estimate of drug-likeness (QED) is 0.0298. The summed E-state index contributed by atoms with van der Waals surface area (Å²) in [4.78, 5) is 81.1. The van der Waals surface area contributed by atoms with Crippen LogP contribution in [0.15, 0.2) is 85.1 Å². The van der Waals surface area contributed by atoms with Crippen molar-refractivity contribution in [1.82, 2.24) is 0 Å². The third-order valence-corrected chi connectivity index (χ3v) is 39.3. The predicted octanol–water partition coefficient (Wildman–Crippen LogP) is 13.1. The maximum absolute atomic E-state index is 11.9. The third kappa shape index (κ3) is 16.3. The van der Waals surface area contributed by atoms with Gasteiger partial charge >= 0.3 is 41.8 Å². The standard InChI is InChI=1S/C16H22O4.C16H22O3.C15H20O4.2C15H20O3.C14H18O4.C14H18O3/c1-8(2)16(17)19-4-3-18-12-6-9-5-11(12)14-10(9)7-13-15(14)20-13;1-8(2)16(17)18-4-3-9-5-10-6-11(9)14-12(10)7-13-15(14)19-13;1-7(2-3-16)15(17)19-11-5-8-4-10(11)13-9(8)6-12-14(13)18-12;1-7(2)15(16)17-6-9-3-8-4-10(9)13-11(8)5-12-14(13)18-12;1-3-7(2)15(16)18-11-5-8-4-10(11)13-9(8)6-12-14(13)17-12;1-6(5-15)14(16)18-10-3-7-2-9(10)12-8(7)4-11-13(12)17-11;1-6(2)14(15)17-10-4-7-3-9(10)12-8(7)5-11-13(12)16-11/h9-15H,1,3-7H2,2H3;9-15H,1,3-7H2,2H3;8-14,16H,1-6H2;8-14H,1,3-6H2,2H3;8-14H,2-6H2,1H3;7-13,15H,1-5H2;7-13H,1,3-5H2,2H3. The summed E-state index contributed by atoms with van der Waals surface area (Å²) in [5.41, 5.74) is 3.09. The number of fused-ring (bicyclic) bond motifs is 49. The zero-order valence-corrected chi connectivity index (χ0v) is 76.3. The number of hydrogen-bond donors (Lipinski definition) is 2. The molecule has 0 amide bonds. The van der Waals surface area contributed by atoms with Crippen LogP contribution < -0.4 is 0 Å². The van der Waals surface area contributed by atoms with Crippen molar-refractivity contribution >= 4 is 41.8 Å². The van der Waals surface area contributed by atoms with Crippen molar-refractivity contribution in [1.29, 1.82) is 0 Å². The Hall–Kier alpha value is -5.93. The van der Waals surface area contributed by atoms with Crippen molar-refractivity contribution in [2.45, 2.75) is 305 Å². The number of ether oxygens (including phenoxy) is 15. The van der Waals surface area contributed by atoms with E-state index in [0.29, 0.717) is 223 Å². The molecule has 28 rings (SSSR count). The van der Waals surface area contributed by atoms with Crippen LogP contribution in [0.1, 0.15) is 189 Å². The second-order valence-corrected chi connectivity index (χ2v) is 45.9. The number of carbonyl (C=O) groups is 7. The molecule has 49 atom stereocenters. The molecule has 28 aliphatic rings. The van der Waals surface area contributed by atoms with Gasteiger partial charge in [-0.25, -0.2) is 33.6 Å². The van der Waals surface area contributed by atoms with Crippen LogP contribution in [-0.2, 0) is 105 Å². The Labute approximate surface area is 759 Å². The van der Waals surface area contributed by atoms with Crippen LogP contribution in [0, 0.1) is 178 Å². The van der Waals surface area contributed by atoms with Crippen LogP contribution in [0.4, 0.5) is 0 Å². The van der Waals surface area contributed by atoms with Gasteiger partial charge in [-0.05, 0) is 329 Å². The van der Waals surface area contributed by atoms with Gasteiger partial charge in [0, 0.05) is 70.1 Å². The summed E-state index contributed by atoms with van der Waals surface area (Å²) in [5.74, 6) is 20.6. The molecule has 24 nitrogen and oxygen atoms in total. The molecule has 0 radical (unpaired) electrons. The second-order valence-electron chi connectivity index (χ2n) is 45.9. The minimum atomic E-state index is -0.433. The van der Waals surface area contributed by atoms with Crippen molar-refractivity contribution in [2.75, 3.05) is 39.6 Å². The molecule has 7 saturated heterocycles. The van der Waals surface area contributed by atoms with Gasteiger partial charge in [-0.1, -0.05) is 53.0 Å². The zero-order valence-electron chi connectivity index (χ0n) is 76.3. The Morgan fingerprint density at radius 2 is 0.566 bits per heavy atom. The molecule has 129 heavy (non-hydrogen) atoms. The van der Waals surface area contributed by atoms with Gasteiger partial charge in [0.1, 0.15) is 31.0 Å². The number of aliphatic hydroxyl groups excluding tert-OH is 2. The minimum absolute atomic E-state index is 0.0231. The van der Waals surface area contributed by atoms with Gasteiger partial charge in [0.25, 0.3) is 0 Å². The number of hydrogen-bond acceptors (Lipinski definition) is 24. The van der Waals surface area contributed by atoms with E-state index < -0.39 is 5.97 Å². The summed E-state index contributed by atoms with van der Waals surface area (Å²) in [6.45, 7) is 35.8. The van der Waals surface area contributed by atoms with E-state index in [2.05, 4.69) is 46.1 Å². The lowest BCUT2D eigenvalue weighted by molar-refractivity contribution is -0.150. The molecule has 0 spiro atoms. The van der Waals surface area contributed by atoms with E-state index in [-0.39, 0.29) is 79.0 Å². The van der Waals surface area contributed by atoms with Crippen LogP contribution in [0.2, 0.25) is 0 Å². The lowest BCUT2D eigenvalue weighted by Gasteiger charge is -2.32. The number of epoxide rings is 7. The molecule has 704 valence electrons. The summed E-state index contributed by atoms with van der Waals surface area (Å²) in [5, 5.41) is 17.7. The van der Waals surface area contributed by atoms with Gasteiger partial charge in [0.05, 0.1) is 124 Å². The highest BCUT2D eigenvalue weighted by molar-refractivity contribution is 5.90. The van der Waals surface area contributed by atoms with Crippen molar-refractivity contribution < 1.29 is 115 Å². The molecule has 21 aliphatic carbocycles. The van der Waals surface area contributed by atoms with Crippen LogP contribution >= 0.6 is 0 Å². The molecular weight excluding hydrogens is 1650 g/mol. The number of esters is 7. The first-order chi connectivity index (χ1) is 62.1. The third-order valence-electron chi connectivity index (χ3n) is 39.3. The highest BCUT2D eigenvalue weighted by Gasteiger charge is 2.74. The van der Waals surface area contributed by atoms with E-state index in [9.17, 15) is 33.6 Å². The molecule has 2 N–H and O–H groups in total. The van der Waals surface area contributed by atoms with E-state index in [0.717, 1.165) is 150 Å². The molecule has 14 bridgehead atoms. The topological polar surface area (TPSA) is 321 Å². The Bertz CT molecular complexity index is 4430. The summed E-state index contributed by atoms with van der Waals surface area (Å²) in [6, 6.07) is 0. The number of rotatable bonds is 24. The molecule has 28 fully saturated rings. The largest absolute Gasteiger partial charge is 0.462 e. The van der Waals surface area contributed by atoms with E-state index in [1.165, 1.54) is 109 Å². The first-order valence-corrected chi connectivity index (χ1v) is 50.6. The van der Waals surface area contributed by atoms with Gasteiger partial charge in [0.15, 0.2) is 0 Å². The van der Waals surface area contributed by atoms with Crippen LogP contribution in [0.25, 0.3) is 0 Å². The fraction of sp³-hybridized carbons (Fsp3) is 0.800. The lowest BCUT2D eigenvalue weighted by atomic mass is 9.74. The maximum atomic E-state index is 11.9. The van der Waals surface area contributed by atoms with Crippen LogP contribution in [0.3, 0.4) is 0 Å². The molecule has 21 saturated carbocycles. The van der Waals surface area contributed by atoms with Crippen molar-refractivity contribution in [3.05, 3.63) is 85.1 Å². The smallest absolute Gasteiger partial charge is 0.336 e. The summed E-state index contributed by atoms with van der Waals surface area (Å²) in [6.07, 6.45) is 36.0. The minimum Gasteiger partial charge on any atom is -0.462 e. The molecule has 7 heterocycles. The fourth-order valence-corrected chi connectivity index (χ4v) is 33.9. The van der Waals surface area contributed by atoms with E-state index in [4.69, 9.17) is 81.3 Å². The highest BCUT2D eigenvalue weighted by Crippen LogP contribution is 2.72. The molecule has 49 unspecified atom stereocenters. The second kappa shape index (κ2) is 34.4. The fourth-order valence-electron chi connectivity index (χ4n) is 33.9. The van der Waals surface area contributed by atoms with Gasteiger partial charge < -0.3 is 81.3 Å². The monoisotopic (exact) mass is 1780 g/mol. The van der Waals surface area contributed by atoms with Gasteiger partial charge in [-0.2, -0.15) is 0 Å². The van der Waals surface area contributed by atoms with E-state index in [1.807, 2.05) is 6.92 Å². The summed E-state index contributed by atoms with van der Waals surface area (Å²) in [7, 11) is 0. The Balaban J connectivity index is 0.0000000885. The molecule has 7 aliphatic heterocycles. The predicted molar refractivity (Wildman–Crippen MR) is 465 cm³/mol. The molecule has 0 aromatic heterocycles. The average molecular weight is 1790 g/mol. The van der Waals surface area contributed by atoms with Gasteiger partial charge in [-0.3, -0.25) is 0 Å². The molecule has 24 heteroatoms. The van der Waals surface area contributed by atoms with Crippen LogP contribution in [-0.4, -0.2) is 208 Å². The maximum Gasteiger partial charge on any atom is 0.336 e. The first-order valence-electron chi connectivity index (χ1n) is 50.6. The Morgan fingerprint density at radius 3 is 0.907 bits per heavy atom. The molecular formula is C105H140O24. The normalized spacial score (nSPS) is 49.9. The summed E-state index contributed by atoms with van der Waals surface area (Å²) < 4.78 is 83.9. The number of carbonyl (C=O) groups excluding carboxylic acids is 7.